The van der Waals surface area contributed by atoms with Crippen molar-refractivity contribution >= 4 is 33.8 Å². The molecule has 1 N–H and O–H groups in total. The van der Waals surface area contributed by atoms with Crippen molar-refractivity contribution in [2.75, 3.05) is 0 Å². The predicted molar refractivity (Wildman–Crippen MR) is 45.3 cm³/mol. The van der Waals surface area contributed by atoms with E-state index >= 15 is 0 Å². The molecule has 0 bridgehead atoms. The third-order valence-electron chi connectivity index (χ3n) is 1.36. The van der Waals surface area contributed by atoms with Gasteiger partial charge < -0.3 is 4.98 Å². The minimum absolute atomic E-state index is 0.141. The molecule has 0 aromatic carbocycles. The highest BCUT2D eigenvalue weighted by molar-refractivity contribution is 7.16. The van der Waals surface area contributed by atoms with Gasteiger partial charge in [0.1, 0.15) is 9.85 Å². The number of fused-ring (bicyclic) bond motifs is 1. The van der Waals surface area contributed by atoms with E-state index in [0.29, 0.717) is 15.2 Å². The summed E-state index contributed by atoms with van der Waals surface area (Å²) in [7, 11) is 0. The summed E-state index contributed by atoms with van der Waals surface area (Å²) < 4.78 is 0.561. The van der Waals surface area contributed by atoms with E-state index in [4.69, 9.17) is 11.6 Å². The quantitative estimate of drug-likeness (QED) is 0.680. The first-order valence-electron chi connectivity index (χ1n) is 2.89. The van der Waals surface area contributed by atoms with Gasteiger partial charge in [-0.25, -0.2) is 4.98 Å². The number of aromatic amines is 1. The largest absolute Gasteiger partial charge is 0.313 e. The molecular formula is C6H3ClN2OS. The van der Waals surface area contributed by atoms with Crippen LogP contribution in [0.15, 0.2) is 16.5 Å². The summed E-state index contributed by atoms with van der Waals surface area (Å²) >= 11 is 7.06. The lowest BCUT2D eigenvalue weighted by Gasteiger charge is -1.85. The molecule has 0 saturated heterocycles. The van der Waals surface area contributed by atoms with Crippen molar-refractivity contribution in [3.05, 3.63) is 26.4 Å². The van der Waals surface area contributed by atoms with Crippen molar-refractivity contribution < 1.29 is 0 Å². The van der Waals surface area contributed by atoms with Crippen LogP contribution >= 0.6 is 22.9 Å². The summed E-state index contributed by atoms with van der Waals surface area (Å²) in [5.41, 5.74) is 0.443. The van der Waals surface area contributed by atoms with E-state index in [0.717, 1.165) is 0 Å². The Kier molecular flexibility index (Phi) is 1.44. The zero-order chi connectivity index (χ0) is 7.84. The van der Waals surface area contributed by atoms with E-state index in [1.165, 1.54) is 17.7 Å². The van der Waals surface area contributed by atoms with Gasteiger partial charge in [-0.3, -0.25) is 4.79 Å². The molecular weight excluding hydrogens is 184 g/mol. The van der Waals surface area contributed by atoms with Crippen LogP contribution in [0.25, 0.3) is 10.9 Å². The Balaban J connectivity index is 3.06. The summed E-state index contributed by atoms with van der Waals surface area (Å²) in [6, 6.07) is 0. The van der Waals surface area contributed by atoms with Crippen LogP contribution in [-0.2, 0) is 0 Å². The molecule has 3 nitrogen and oxygen atoms in total. The maximum absolute atomic E-state index is 11.0. The Morgan fingerprint density at radius 1 is 1.64 bits per heavy atom. The van der Waals surface area contributed by atoms with Gasteiger partial charge in [-0.15, -0.1) is 11.3 Å². The Bertz CT molecular complexity index is 447. The van der Waals surface area contributed by atoms with Gasteiger partial charge in [0.05, 0.1) is 11.7 Å². The first kappa shape index (κ1) is 6.82. The summed E-state index contributed by atoms with van der Waals surface area (Å²) in [5.74, 6) is 0. The smallest absolute Gasteiger partial charge is 0.259 e. The number of aromatic nitrogens is 2. The molecule has 0 saturated carbocycles. The lowest BCUT2D eigenvalue weighted by atomic mass is 10.4. The molecule has 0 aliphatic rings. The number of halogens is 1. The fourth-order valence-electron chi connectivity index (χ4n) is 0.843. The van der Waals surface area contributed by atoms with Gasteiger partial charge in [0.2, 0.25) is 0 Å². The normalized spacial score (nSPS) is 10.6. The maximum atomic E-state index is 11.0. The number of hydrogen-bond donors (Lipinski definition) is 1. The van der Waals surface area contributed by atoms with E-state index in [1.807, 2.05) is 0 Å². The molecule has 2 rings (SSSR count). The van der Waals surface area contributed by atoms with Crippen molar-refractivity contribution in [3.8, 4) is 0 Å². The maximum Gasteiger partial charge on any atom is 0.259 e. The summed E-state index contributed by atoms with van der Waals surface area (Å²) in [6.07, 6.45) is 1.35. The van der Waals surface area contributed by atoms with Crippen LogP contribution < -0.4 is 5.56 Å². The molecule has 2 heterocycles. The van der Waals surface area contributed by atoms with Crippen LogP contribution in [0.3, 0.4) is 0 Å². The SMILES string of the molecule is O=c1[nH]cnc2c(Cl)scc12. The first-order valence-corrected chi connectivity index (χ1v) is 4.15. The zero-order valence-electron chi connectivity index (χ0n) is 5.30. The number of H-pyrrole nitrogens is 1. The first-order chi connectivity index (χ1) is 5.29. The number of thiophene rings is 1. The van der Waals surface area contributed by atoms with Crippen LogP contribution in [0.2, 0.25) is 4.34 Å². The van der Waals surface area contributed by atoms with Crippen LogP contribution in [0.1, 0.15) is 0 Å². The summed E-state index contributed by atoms with van der Waals surface area (Å²) in [4.78, 5) is 17.4. The van der Waals surface area contributed by atoms with Gasteiger partial charge in [0.25, 0.3) is 5.56 Å². The number of nitrogens with zero attached hydrogens (tertiary/aromatic N) is 1. The second-order valence-electron chi connectivity index (χ2n) is 2.00. The van der Waals surface area contributed by atoms with E-state index in [1.54, 1.807) is 5.38 Å². The van der Waals surface area contributed by atoms with Crippen molar-refractivity contribution in [1.29, 1.82) is 0 Å². The average Bonchev–Trinajstić information content (AvgIpc) is 2.35. The van der Waals surface area contributed by atoms with Crippen LogP contribution in [0.4, 0.5) is 0 Å². The molecule has 0 atom stereocenters. The monoisotopic (exact) mass is 186 g/mol. The molecule has 0 aliphatic heterocycles. The number of rotatable bonds is 0. The molecule has 56 valence electrons. The fraction of sp³-hybridized carbons (Fsp3) is 0. The van der Waals surface area contributed by atoms with Gasteiger partial charge in [-0.05, 0) is 0 Å². The predicted octanol–water partition coefficient (Wildman–Crippen LogP) is 1.64. The lowest BCUT2D eigenvalue weighted by Crippen LogP contribution is -2.03. The summed E-state index contributed by atoms with van der Waals surface area (Å²) in [6.45, 7) is 0. The Hall–Kier alpha value is -0.870. The second-order valence-corrected chi connectivity index (χ2v) is 3.49. The topological polar surface area (TPSA) is 45.8 Å². The molecule has 0 amide bonds. The highest BCUT2D eigenvalue weighted by Crippen LogP contribution is 2.25. The Labute approximate surface area is 70.7 Å². The molecule has 5 heteroatoms. The average molecular weight is 187 g/mol. The third kappa shape index (κ3) is 0.948. The third-order valence-corrected chi connectivity index (χ3v) is 2.56. The van der Waals surface area contributed by atoms with Gasteiger partial charge in [-0.2, -0.15) is 0 Å². The summed E-state index contributed by atoms with van der Waals surface area (Å²) in [5, 5.41) is 2.26. The minimum atomic E-state index is -0.141. The highest BCUT2D eigenvalue weighted by atomic mass is 35.5. The van der Waals surface area contributed by atoms with E-state index < -0.39 is 0 Å². The minimum Gasteiger partial charge on any atom is -0.313 e. The molecule has 0 fully saturated rings. The number of nitrogens with one attached hydrogen (secondary N) is 1. The molecule has 11 heavy (non-hydrogen) atoms. The van der Waals surface area contributed by atoms with Crippen molar-refractivity contribution in [3.63, 3.8) is 0 Å². The van der Waals surface area contributed by atoms with Gasteiger partial charge >= 0.3 is 0 Å². The van der Waals surface area contributed by atoms with E-state index in [2.05, 4.69) is 9.97 Å². The second kappa shape index (κ2) is 2.32. The standard InChI is InChI=1S/C6H3ClN2OS/c7-5-4-3(1-11-5)6(10)9-2-8-4/h1-2H,(H,8,9,10). The van der Waals surface area contributed by atoms with Crippen LogP contribution in [-0.4, -0.2) is 9.97 Å². The lowest BCUT2D eigenvalue weighted by molar-refractivity contribution is 1.18. The Morgan fingerprint density at radius 2 is 2.45 bits per heavy atom. The molecule has 0 aliphatic carbocycles. The molecule has 0 spiro atoms. The Morgan fingerprint density at radius 3 is 3.18 bits per heavy atom. The van der Waals surface area contributed by atoms with Gasteiger partial charge in [-0.1, -0.05) is 11.6 Å². The highest BCUT2D eigenvalue weighted by Gasteiger charge is 2.04. The van der Waals surface area contributed by atoms with E-state index in [9.17, 15) is 4.79 Å². The zero-order valence-corrected chi connectivity index (χ0v) is 6.87. The van der Waals surface area contributed by atoms with E-state index in [-0.39, 0.29) is 5.56 Å². The fourth-order valence-corrected chi connectivity index (χ4v) is 1.84. The van der Waals surface area contributed by atoms with Gasteiger partial charge in [0.15, 0.2) is 0 Å². The molecule has 2 aromatic rings. The molecule has 0 unspecified atom stereocenters. The molecule has 2 aromatic heterocycles. The van der Waals surface area contributed by atoms with Crippen molar-refractivity contribution in [2.45, 2.75) is 0 Å². The molecule has 0 radical (unpaired) electrons. The van der Waals surface area contributed by atoms with Gasteiger partial charge in [0, 0.05) is 5.38 Å². The van der Waals surface area contributed by atoms with Crippen molar-refractivity contribution in [1.82, 2.24) is 9.97 Å². The van der Waals surface area contributed by atoms with Crippen LogP contribution in [0.5, 0.6) is 0 Å². The number of hydrogen-bond acceptors (Lipinski definition) is 3. The van der Waals surface area contributed by atoms with Crippen LogP contribution in [0, 0.1) is 0 Å². The van der Waals surface area contributed by atoms with Crippen molar-refractivity contribution in [2.24, 2.45) is 0 Å².